The summed E-state index contributed by atoms with van der Waals surface area (Å²) >= 11 is 1.67. The first-order valence-corrected chi connectivity index (χ1v) is 16.6. The molecular weight excluding hydrogens is 584 g/mol. The number of thiazole rings is 1. The van der Waals surface area contributed by atoms with Crippen molar-refractivity contribution in [1.29, 1.82) is 0 Å². The van der Waals surface area contributed by atoms with Gasteiger partial charge in [-0.1, -0.05) is 42.5 Å². The number of ether oxygens (including phenoxy) is 1. The summed E-state index contributed by atoms with van der Waals surface area (Å²) in [6.45, 7) is 7.09. The fourth-order valence-electron chi connectivity index (χ4n) is 6.38. The van der Waals surface area contributed by atoms with Crippen molar-refractivity contribution in [2.45, 2.75) is 45.7 Å². The summed E-state index contributed by atoms with van der Waals surface area (Å²) in [7, 11) is 0. The second kappa shape index (κ2) is 14.3. The molecule has 6 rings (SSSR count). The number of para-hydroxylation sites is 1. The van der Waals surface area contributed by atoms with Crippen LogP contribution in [-0.2, 0) is 13.1 Å². The van der Waals surface area contributed by atoms with Gasteiger partial charge in [0.1, 0.15) is 16.5 Å². The Balaban J connectivity index is 1.25. The summed E-state index contributed by atoms with van der Waals surface area (Å²) in [5.74, 6) is 0.523. The number of hydrogen-bond acceptors (Lipinski definition) is 8. The Labute approximate surface area is 268 Å². The third-order valence-electron chi connectivity index (χ3n) is 9.06. The van der Waals surface area contributed by atoms with Crippen LogP contribution in [0.1, 0.15) is 62.8 Å². The Morgan fingerprint density at radius 1 is 0.867 bits per heavy atom. The fourth-order valence-corrected chi connectivity index (χ4v) is 7.03. The van der Waals surface area contributed by atoms with Gasteiger partial charge in [-0.15, -0.1) is 11.3 Å². The molecule has 0 N–H and O–H groups in total. The number of carbonyl (C=O) groups is 2. The van der Waals surface area contributed by atoms with Crippen molar-refractivity contribution < 1.29 is 14.3 Å². The number of nitrogens with zero attached hydrogens (tertiary/aromatic N) is 6. The number of benzene rings is 2. The first kappa shape index (κ1) is 30.9. The SMILES string of the molecule is Cc1nccnc1C(=O)N1CCC2(CCCN(Cc3nccs3)CCN(Cc3ccccc3)C(=O)c3ccccc3OC2)CC1. The number of rotatable bonds is 5. The highest BCUT2D eigenvalue weighted by atomic mass is 32.1. The fraction of sp³-hybridized carbons (Fsp3) is 0.400. The lowest BCUT2D eigenvalue weighted by Gasteiger charge is -2.42. The molecule has 0 radical (unpaired) electrons. The highest BCUT2D eigenvalue weighted by molar-refractivity contribution is 7.09. The van der Waals surface area contributed by atoms with Crippen molar-refractivity contribution in [1.82, 2.24) is 29.7 Å². The van der Waals surface area contributed by atoms with Gasteiger partial charge < -0.3 is 14.5 Å². The summed E-state index contributed by atoms with van der Waals surface area (Å²) < 4.78 is 6.58. The van der Waals surface area contributed by atoms with Gasteiger partial charge in [0.05, 0.1) is 24.4 Å². The Kier molecular flexibility index (Phi) is 9.81. The van der Waals surface area contributed by atoms with Gasteiger partial charge in [-0.05, 0) is 56.8 Å². The average molecular weight is 625 g/mol. The first-order valence-electron chi connectivity index (χ1n) is 15.7. The molecule has 234 valence electrons. The van der Waals surface area contributed by atoms with E-state index in [1.54, 1.807) is 23.7 Å². The number of carbonyl (C=O) groups excluding carboxylic acids is 2. The van der Waals surface area contributed by atoms with E-state index in [9.17, 15) is 9.59 Å². The number of aromatic nitrogens is 3. The lowest BCUT2D eigenvalue weighted by molar-refractivity contribution is 0.0344. The summed E-state index contributed by atoms with van der Waals surface area (Å²) in [5.41, 5.74) is 2.63. The van der Waals surface area contributed by atoms with Crippen molar-refractivity contribution in [3.05, 3.63) is 106 Å². The third kappa shape index (κ3) is 7.57. The molecule has 4 aromatic rings. The minimum absolute atomic E-state index is 0.0308. The van der Waals surface area contributed by atoms with Crippen LogP contribution < -0.4 is 4.74 Å². The molecule has 2 aromatic carbocycles. The van der Waals surface area contributed by atoms with Gasteiger partial charge in [0.25, 0.3) is 11.8 Å². The van der Waals surface area contributed by atoms with Crippen molar-refractivity contribution in [3.8, 4) is 5.75 Å². The van der Waals surface area contributed by atoms with Crippen molar-refractivity contribution in [2.75, 3.05) is 39.3 Å². The molecule has 2 aliphatic rings. The van der Waals surface area contributed by atoms with Crippen LogP contribution in [0.15, 0.2) is 78.6 Å². The van der Waals surface area contributed by atoms with E-state index in [1.807, 2.05) is 70.8 Å². The molecule has 9 nitrogen and oxygen atoms in total. The van der Waals surface area contributed by atoms with Crippen LogP contribution in [0.5, 0.6) is 5.75 Å². The number of likely N-dealkylation sites (tertiary alicyclic amines) is 1. The van der Waals surface area contributed by atoms with Crippen LogP contribution in [0.25, 0.3) is 0 Å². The predicted molar refractivity (Wildman–Crippen MR) is 174 cm³/mol. The zero-order valence-electron chi connectivity index (χ0n) is 25.8. The second-order valence-electron chi connectivity index (χ2n) is 12.1. The Bertz CT molecular complexity index is 1570. The van der Waals surface area contributed by atoms with Gasteiger partial charge >= 0.3 is 0 Å². The van der Waals surface area contributed by atoms with E-state index >= 15 is 0 Å². The van der Waals surface area contributed by atoms with E-state index in [0.717, 1.165) is 55.9 Å². The number of hydrogen-bond donors (Lipinski definition) is 0. The van der Waals surface area contributed by atoms with Gasteiger partial charge in [0.2, 0.25) is 0 Å². The van der Waals surface area contributed by atoms with E-state index < -0.39 is 0 Å². The van der Waals surface area contributed by atoms with Gasteiger partial charge in [-0.3, -0.25) is 19.5 Å². The molecule has 4 heterocycles. The molecule has 0 unspecified atom stereocenters. The molecule has 1 fully saturated rings. The summed E-state index contributed by atoms with van der Waals surface area (Å²) in [6.07, 6.45) is 8.64. The lowest BCUT2D eigenvalue weighted by atomic mass is 9.75. The molecule has 0 bridgehead atoms. The monoisotopic (exact) mass is 624 g/mol. The first-order chi connectivity index (χ1) is 22.0. The van der Waals surface area contributed by atoms with Crippen LogP contribution in [0, 0.1) is 12.3 Å². The Morgan fingerprint density at radius 2 is 1.64 bits per heavy atom. The average Bonchev–Trinajstić information content (AvgIpc) is 3.59. The van der Waals surface area contributed by atoms with Gasteiger partial charge in [0, 0.05) is 62.1 Å². The van der Waals surface area contributed by atoms with Gasteiger partial charge in [-0.25, -0.2) is 9.97 Å². The number of fused-ring (bicyclic) bond motifs is 1. The number of aryl methyl sites for hydroxylation is 1. The quantitative estimate of drug-likeness (QED) is 0.290. The molecular formula is C35H40N6O3S. The number of amides is 2. The Morgan fingerprint density at radius 3 is 2.42 bits per heavy atom. The van der Waals surface area contributed by atoms with E-state index in [1.165, 1.54) is 0 Å². The summed E-state index contributed by atoms with van der Waals surface area (Å²) in [4.78, 5) is 46.9. The predicted octanol–water partition coefficient (Wildman–Crippen LogP) is 5.48. The van der Waals surface area contributed by atoms with Crippen LogP contribution >= 0.6 is 11.3 Å². The molecule has 2 amide bonds. The van der Waals surface area contributed by atoms with Gasteiger partial charge in [0.15, 0.2) is 0 Å². The minimum Gasteiger partial charge on any atom is -0.492 e. The molecule has 10 heteroatoms. The third-order valence-corrected chi connectivity index (χ3v) is 9.82. The van der Waals surface area contributed by atoms with E-state index in [-0.39, 0.29) is 17.2 Å². The van der Waals surface area contributed by atoms with E-state index in [2.05, 4.69) is 32.0 Å². The minimum atomic E-state index is -0.116. The van der Waals surface area contributed by atoms with Crippen molar-refractivity contribution >= 4 is 23.2 Å². The normalized spacial score (nSPS) is 17.9. The molecule has 2 aromatic heterocycles. The molecule has 0 saturated carbocycles. The standard InChI is InChI=1S/C35H40N6O3S/c1-27-32(38-16-15-36-27)34(43)40-19-13-35(14-20-40)12-7-18-39(25-31-37-17-23-45-31)21-22-41(24-28-8-3-2-4-9-28)33(42)29-10-5-6-11-30(29)44-26-35/h2-6,8-11,15-17,23H,7,12-14,18-22,24-26H2,1H3. The highest BCUT2D eigenvalue weighted by Gasteiger charge is 2.38. The smallest absolute Gasteiger partial charge is 0.274 e. The molecule has 0 atom stereocenters. The molecule has 0 aliphatic carbocycles. The molecule has 2 aliphatic heterocycles. The molecule has 45 heavy (non-hydrogen) atoms. The second-order valence-corrected chi connectivity index (χ2v) is 13.1. The summed E-state index contributed by atoms with van der Waals surface area (Å²) in [6, 6.07) is 17.8. The molecule has 1 spiro atoms. The maximum absolute atomic E-state index is 14.2. The lowest BCUT2D eigenvalue weighted by Crippen LogP contribution is -2.46. The van der Waals surface area contributed by atoms with E-state index in [4.69, 9.17) is 4.74 Å². The van der Waals surface area contributed by atoms with Crippen LogP contribution in [0.4, 0.5) is 0 Å². The maximum Gasteiger partial charge on any atom is 0.274 e. The van der Waals surface area contributed by atoms with Crippen LogP contribution in [-0.4, -0.2) is 80.8 Å². The molecule has 1 saturated heterocycles. The Hall–Kier alpha value is -4.15. The van der Waals surface area contributed by atoms with Crippen molar-refractivity contribution in [3.63, 3.8) is 0 Å². The van der Waals surface area contributed by atoms with E-state index in [0.29, 0.717) is 55.5 Å². The van der Waals surface area contributed by atoms with Crippen molar-refractivity contribution in [2.24, 2.45) is 5.41 Å². The highest BCUT2D eigenvalue weighted by Crippen LogP contribution is 2.38. The van der Waals surface area contributed by atoms with Gasteiger partial charge in [-0.2, -0.15) is 0 Å². The maximum atomic E-state index is 14.2. The number of piperidine rings is 1. The largest absolute Gasteiger partial charge is 0.492 e. The van der Waals surface area contributed by atoms with Crippen LogP contribution in [0.3, 0.4) is 0 Å². The van der Waals surface area contributed by atoms with Crippen LogP contribution in [0.2, 0.25) is 0 Å². The topological polar surface area (TPSA) is 91.8 Å². The zero-order chi connectivity index (χ0) is 31.1. The zero-order valence-corrected chi connectivity index (χ0v) is 26.6. The summed E-state index contributed by atoms with van der Waals surface area (Å²) in [5, 5.41) is 3.09.